The van der Waals surface area contributed by atoms with Crippen molar-refractivity contribution in [1.82, 2.24) is 5.32 Å². The van der Waals surface area contributed by atoms with Crippen molar-refractivity contribution in [3.8, 4) is 0 Å². The molecule has 0 saturated heterocycles. The zero-order valence-corrected chi connectivity index (χ0v) is 12.9. The summed E-state index contributed by atoms with van der Waals surface area (Å²) in [7, 11) is 0. The van der Waals surface area contributed by atoms with Crippen LogP contribution in [-0.4, -0.2) is 6.04 Å². The first-order valence-corrected chi connectivity index (χ1v) is 7.27. The van der Waals surface area contributed by atoms with Crippen LogP contribution in [0, 0.1) is 6.92 Å². The molecular weight excluding hydrogens is 287 g/mol. The van der Waals surface area contributed by atoms with E-state index >= 15 is 0 Å². The minimum Gasteiger partial charge on any atom is -0.304 e. The Morgan fingerprint density at radius 2 is 1.50 bits per heavy atom. The van der Waals surface area contributed by atoms with E-state index in [0.29, 0.717) is 5.56 Å². The molecule has 4 heteroatoms. The second kappa shape index (κ2) is 6.53. The van der Waals surface area contributed by atoms with Crippen molar-refractivity contribution in [3.05, 3.63) is 70.8 Å². The van der Waals surface area contributed by atoms with Crippen LogP contribution in [0.1, 0.15) is 42.1 Å². The quantitative estimate of drug-likeness (QED) is 0.828. The highest BCUT2D eigenvalue weighted by Gasteiger charge is 2.31. The first kappa shape index (κ1) is 16.6. The summed E-state index contributed by atoms with van der Waals surface area (Å²) in [5.74, 6) is 0. The fourth-order valence-electron chi connectivity index (χ4n) is 2.46. The molecule has 1 unspecified atom stereocenters. The van der Waals surface area contributed by atoms with Crippen LogP contribution < -0.4 is 5.32 Å². The summed E-state index contributed by atoms with van der Waals surface area (Å²) < 4.78 is 38.8. The lowest BCUT2D eigenvalue weighted by atomic mass is 9.95. The van der Waals surface area contributed by atoms with E-state index in [1.54, 1.807) is 6.07 Å². The van der Waals surface area contributed by atoms with Crippen LogP contribution in [0.3, 0.4) is 0 Å². The molecule has 0 aliphatic heterocycles. The fraction of sp³-hybridized carbons (Fsp3) is 0.333. The summed E-state index contributed by atoms with van der Waals surface area (Å²) in [5.41, 5.74) is 2.05. The Labute approximate surface area is 129 Å². The monoisotopic (exact) mass is 307 g/mol. The number of nitrogens with one attached hydrogen (secondary N) is 1. The molecule has 0 spiro atoms. The predicted molar refractivity (Wildman–Crippen MR) is 82.7 cm³/mol. The van der Waals surface area contributed by atoms with Gasteiger partial charge in [-0.3, -0.25) is 0 Å². The molecule has 2 rings (SSSR count). The van der Waals surface area contributed by atoms with E-state index in [1.165, 1.54) is 12.1 Å². The number of benzene rings is 2. The van der Waals surface area contributed by atoms with Gasteiger partial charge in [-0.2, -0.15) is 13.2 Å². The Kier molecular flexibility index (Phi) is 4.91. The number of halogens is 3. The first-order valence-electron chi connectivity index (χ1n) is 7.27. The molecule has 0 heterocycles. The third-order valence-corrected chi connectivity index (χ3v) is 3.42. The predicted octanol–water partition coefficient (Wildman–Crippen LogP) is 5.10. The molecule has 22 heavy (non-hydrogen) atoms. The van der Waals surface area contributed by atoms with Gasteiger partial charge in [0.15, 0.2) is 0 Å². The van der Waals surface area contributed by atoms with E-state index in [-0.39, 0.29) is 12.1 Å². The Balaban J connectivity index is 2.46. The SMILES string of the molecule is Cc1cccc(C(NC(C)C)c2cccc(C(F)(F)F)c2)c1. The lowest BCUT2D eigenvalue weighted by Crippen LogP contribution is -2.29. The second-order valence-corrected chi connectivity index (χ2v) is 5.79. The smallest absolute Gasteiger partial charge is 0.304 e. The zero-order chi connectivity index (χ0) is 16.3. The van der Waals surface area contributed by atoms with E-state index < -0.39 is 11.7 Å². The van der Waals surface area contributed by atoms with Crippen molar-refractivity contribution >= 4 is 0 Å². The largest absolute Gasteiger partial charge is 0.416 e. The van der Waals surface area contributed by atoms with Crippen LogP contribution in [0.5, 0.6) is 0 Å². The zero-order valence-electron chi connectivity index (χ0n) is 12.9. The molecule has 0 saturated carbocycles. The van der Waals surface area contributed by atoms with Crippen LogP contribution in [0.2, 0.25) is 0 Å². The number of hydrogen-bond acceptors (Lipinski definition) is 1. The third-order valence-electron chi connectivity index (χ3n) is 3.42. The maximum absolute atomic E-state index is 12.9. The Bertz CT molecular complexity index is 632. The molecule has 0 radical (unpaired) electrons. The maximum Gasteiger partial charge on any atom is 0.416 e. The van der Waals surface area contributed by atoms with Gasteiger partial charge in [0.1, 0.15) is 0 Å². The molecule has 0 bridgehead atoms. The van der Waals surface area contributed by atoms with Crippen LogP contribution in [0.15, 0.2) is 48.5 Å². The molecule has 0 amide bonds. The fourth-order valence-corrected chi connectivity index (χ4v) is 2.46. The van der Waals surface area contributed by atoms with Gasteiger partial charge in [0.25, 0.3) is 0 Å². The third kappa shape index (κ3) is 4.10. The average Bonchev–Trinajstić information content (AvgIpc) is 2.44. The molecule has 2 aromatic rings. The van der Waals surface area contributed by atoms with Gasteiger partial charge in [0, 0.05) is 6.04 Å². The molecule has 1 nitrogen and oxygen atoms in total. The first-order chi connectivity index (χ1) is 10.3. The normalized spacial score (nSPS) is 13.4. The summed E-state index contributed by atoms with van der Waals surface area (Å²) in [4.78, 5) is 0. The maximum atomic E-state index is 12.9. The molecule has 1 atom stereocenters. The average molecular weight is 307 g/mol. The van der Waals surface area contributed by atoms with E-state index in [2.05, 4.69) is 5.32 Å². The van der Waals surface area contributed by atoms with Crippen molar-refractivity contribution < 1.29 is 13.2 Å². The van der Waals surface area contributed by atoms with Gasteiger partial charge < -0.3 is 5.32 Å². The van der Waals surface area contributed by atoms with Crippen molar-refractivity contribution in [2.75, 3.05) is 0 Å². The minimum absolute atomic E-state index is 0.153. The van der Waals surface area contributed by atoms with Crippen molar-refractivity contribution in [2.45, 2.75) is 39.0 Å². The summed E-state index contributed by atoms with van der Waals surface area (Å²) in [6.07, 6.45) is -4.33. The molecule has 0 fully saturated rings. The Morgan fingerprint density at radius 1 is 0.909 bits per heavy atom. The van der Waals surface area contributed by atoms with Gasteiger partial charge in [-0.25, -0.2) is 0 Å². The Morgan fingerprint density at radius 3 is 2.05 bits per heavy atom. The van der Waals surface area contributed by atoms with Gasteiger partial charge >= 0.3 is 6.18 Å². The highest BCUT2D eigenvalue weighted by Crippen LogP contribution is 2.32. The Hall–Kier alpha value is -1.81. The number of aryl methyl sites for hydroxylation is 1. The molecule has 118 valence electrons. The lowest BCUT2D eigenvalue weighted by molar-refractivity contribution is -0.137. The summed E-state index contributed by atoms with van der Waals surface area (Å²) >= 11 is 0. The molecular formula is C18H20F3N. The standard InChI is InChI=1S/C18H20F3N/c1-12(2)22-17(14-7-4-6-13(3)10-14)15-8-5-9-16(11-15)18(19,20)21/h4-12,17,22H,1-3H3. The van der Waals surface area contributed by atoms with E-state index in [0.717, 1.165) is 17.2 Å². The van der Waals surface area contributed by atoms with Gasteiger partial charge in [-0.1, -0.05) is 42.0 Å². The van der Waals surface area contributed by atoms with Crippen molar-refractivity contribution in [1.29, 1.82) is 0 Å². The molecule has 2 aromatic carbocycles. The van der Waals surface area contributed by atoms with Crippen LogP contribution in [0.4, 0.5) is 13.2 Å². The topological polar surface area (TPSA) is 12.0 Å². The molecule has 0 aliphatic carbocycles. The van der Waals surface area contributed by atoms with Crippen LogP contribution in [0.25, 0.3) is 0 Å². The molecule has 0 aliphatic rings. The highest BCUT2D eigenvalue weighted by molar-refractivity contribution is 5.36. The van der Waals surface area contributed by atoms with Gasteiger partial charge in [0.2, 0.25) is 0 Å². The minimum atomic E-state index is -4.33. The van der Waals surface area contributed by atoms with Gasteiger partial charge in [-0.05, 0) is 44.0 Å². The van der Waals surface area contributed by atoms with E-state index in [4.69, 9.17) is 0 Å². The number of hydrogen-bond donors (Lipinski definition) is 1. The number of alkyl halides is 3. The van der Waals surface area contributed by atoms with Crippen molar-refractivity contribution in [3.63, 3.8) is 0 Å². The highest BCUT2D eigenvalue weighted by atomic mass is 19.4. The van der Waals surface area contributed by atoms with Crippen LogP contribution >= 0.6 is 0 Å². The summed E-state index contributed by atoms with van der Waals surface area (Å²) in [6, 6.07) is 13.3. The van der Waals surface area contributed by atoms with E-state index in [9.17, 15) is 13.2 Å². The van der Waals surface area contributed by atoms with Gasteiger partial charge in [0.05, 0.1) is 11.6 Å². The molecule has 1 N–H and O–H groups in total. The van der Waals surface area contributed by atoms with Gasteiger partial charge in [-0.15, -0.1) is 0 Å². The second-order valence-electron chi connectivity index (χ2n) is 5.79. The summed E-state index contributed by atoms with van der Waals surface area (Å²) in [5, 5.41) is 3.35. The number of rotatable bonds is 4. The summed E-state index contributed by atoms with van der Waals surface area (Å²) in [6.45, 7) is 5.94. The van der Waals surface area contributed by atoms with Crippen LogP contribution in [-0.2, 0) is 6.18 Å². The van der Waals surface area contributed by atoms with E-state index in [1.807, 2.05) is 45.0 Å². The lowest BCUT2D eigenvalue weighted by Gasteiger charge is -2.23. The van der Waals surface area contributed by atoms with Crippen molar-refractivity contribution in [2.24, 2.45) is 0 Å². The molecule has 0 aromatic heterocycles.